The van der Waals surface area contributed by atoms with E-state index in [0.29, 0.717) is 21.4 Å². The minimum Gasteiger partial charge on any atom is -0.460 e. The Kier molecular flexibility index (Phi) is 7.96. The Morgan fingerprint density at radius 2 is 1.77 bits per heavy atom. The molecule has 0 spiro atoms. The SMILES string of the molecule is CC(C)(O)C#Cc1ccc(Br)c([C@@H](CC(=O)OC(C)(C)C)Cc2cc(F)cc(F)c2)n1. The van der Waals surface area contributed by atoms with Crippen LogP contribution in [0.3, 0.4) is 0 Å². The number of ether oxygens (including phenoxy) is 1. The van der Waals surface area contributed by atoms with Crippen LogP contribution in [0.4, 0.5) is 8.78 Å². The molecule has 0 saturated carbocycles. The molecule has 31 heavy (non-hydrogen) atoms. The molecule has 0 unspecified atom stereocenters. The molecular weight excluding hydrogens is 468 g/mol. The maximum Gasteiger partial charge on any atom is 0.306 e. The maximum absolute atomic E-state index is 13.7. The molecule has 7 heteroatoms. The van der Waals surface area contributed by atoms with Gasteiger partial charge in [0.25, 0.3) is 0 Å². The number of carbonyl (C=O) groups is 1. The minimum atomic E-state index is -1.19. The molecule has 166 valence electrons. The first-order valence-corrected chi connectivity index (χ1v) is 10.6. The van der Waals surface area contributed by atoms with Gasteiger partial charge >= 0.3 is 5.97 Å². The number of nitrogens with zero attached hydrogens (tertiary/aromatic N) is 1. The van der Waals surface area contributed by atoms with Crippen molar-refractivity contribution in [3.05, 3.63) is 63.4 Å². The van der Waals surface area contributed by atoms with E-state index in [0.717, 1.165) is 6.07 Å². The van der Waals surface area contributed by atoms with Gasteiger partial charge in [0.05, 0.1) is 12.1 Å². The number of pyridine rings is 1. The van der Waals surface area contributed by atoms with Crippen LogP contribution in [-0.4, -0.2) is 27.3 Å². The average Bonchev–Trinajstić information content (AvgIpc) is 2.57. The number of rotatable bonds is 5. The third kappa shape index (κ3) is 8.76. The molecule has 1 aromatic carbocycles. The van der Waals surface area contributed by atoms with E-state index in [-0.39, 0.29) is 12.8 Å². The Hall–Kier alpha value is -2.30. The van der Waals surface area contributed by atoms with E-state index in [1.54, 1.807) is 46.8 Å². The van der Waals surface area contributed by atoms with Gasteiger partial charge in [-0.2, -0.15) is 0 Å². The summed E-state index contributed by atoms with van der Waals surface area (Å²) < 4.78 is 33.5. The predicted octanol–water partition coefficient (Wildman–Crippen LogP) is 5.30. The predicted molar refractivity (Wildman–Crippen MR) is 118 cm³/mol. The molecule has 0 saturated heterocycles. The van der Waals surface area contributed by atoms with Gasteiger partial charge in [0.1, 0.15) is 28.5 Å². The van der Waals surface area contributed by atoms with Crippen LogP contribution in [0.15, 0.2) is 34.8 Å². The van der Waals surface area contributed by atoms with Gasteiger partial charge in [0.15, 0.2) is 0 Å². The van der Waals surface area contributed by atoms with Crippen molar-refractivity contribution in [2.24, 2.45) is 0 Å². The third-order valence-electron chi connectivity index (χ3n) is 3.99. The quantitative estimate of drug-likeness (QED) is 0.453. The smallest absolute Gasteiger partial charge is 0.306 e. The summed E-state index contributed by atoms with van der Waals surface area (Å²) in [6.07, 6.45) is 0.130. The minimum absolute atomic E-state index is 0.0383. The summed E-state index contributed by atoms with van der Waals surface area (Å²) in [5.41, 5.74) is -0.549. The number of hydrogen-bond donors (Lipinski definition) is 1. The first kappa shape index (κ1) is 25.0. The second kappa shape index (κ2) is 9.88. The van der Waals surface area contributed by atoms with Crippen molar-refractivity contribution < 1.29 is 23.4 Å². The molecule has 0 aliphatic carbocycles. The van der Waals surface area contributed by atoms with E-state index in [2.05, 4.69) is 32.8 Å². The molecule has 1 N–H and O–H groups in total. The fourth-order valence-electron chi connectivity index (χ4n) is 2.89. The molecule has 2 rings (SSSR count). The monoisotopic (exact) mass is 493 g/mol. The fraction of sp³-hybridized carbons (Fsp3) is 0.417. The average molecular weight is 494 g/mol. The second-order valence-electron chi connectivity index (χ2n) is 8.84. The topological polar surface area (TPSA) is 59.4 Å². The third-order valence-corrected chi connectivity index (χ3v) is 4.66. The van der Waals surface area contributed by atoms with Crippen molar-refractivity contribution in [2.45, 2.75) is 64.6 Å². The normalized spacial score (nSPS) is 12.7. The Morgan fingerprint density at radius 3 is 2.32 bits per heavy atom. The zero-order valence-electron chi connectivity index (χ0n) is 18.2. The van der Waals surface area contributed by atoms with Gasteiger partial charge < -0.3 is 9.84 Å². The molecule has 2 aromatic rings. The zero-order chi connectivity index (χ0) is 23.4. The van der Waals surface area contributed by atoms with Gasteiger partial charge in [-0.15, -0.1) is 0 Å². The highest BCUT2D eigenvalue weighted by molar-refractivity contribution is 9.10. The van der Waals surface area contributed by atoms with Crippen LogP contribution >= 0.6 is 15.9 Å². The molecule has 0 radical (unpaired) electrons. The van der Waals surface area contributed by atoms with Crippen LogP contribution in [0, 0.1) is 23.5 Å². The first-order valence-electron chi connectivity index (χ1n) is 9.81. The zero-order valence-corrected chi connectivity index (χ0v) is 19.8. The molecule has 1 aromatic heterocycles. The molecule has 0 aliphatic rings. The van der Waals surface area contributed by atoms with Gasteiger partial charge in [-0.25, -0.2) is 13.8 Å². The lowest BCUT2D eigenvalue weighted by molar-refractivity contribution is -0.155. The van der Waals surface area contributed by atoms with E-state index < -0.39 is 34.7 Å². The number of aromatic nitrogens is 1. The highest BCUT2D eigenvalue weighted by Gasteiger charge is 2.25. The van der Waals surface area contributed by atoms with Crippen LogP contribution in [0.1, 0.15) is 63.9 Å². The molecule has 1 atom stereocenters. The largest absolute Gasteiger partial charge is 0.460 e. The highest BCUT2D eigenvalue weighted by atomic mass is 79.9. The Balaban J connectivity index is 2.45. The number of hydrogen-bond acceptors (Lipinski definition) is 4. The van der Waals surface area contributed by atoms with Gasteiger partial charge in [0, 0.05) is 16.5 Å². The van der Waals surface area contributed by atoms with Crippen molar-refractivity contribution in [3.8, 4) is 11.8 Å². The highest BCUT2D eigenvalue weighted by Crippen LogP contribution is 2.31. The summed E-state index contributed by atoms with van der Waals surface area (Å²) >= 11 is 3.45. The maximum atomic E-state index is 13.7. The number of aliphatic hydroxyl groups is 1. The Bertz CT molecular complexity index is 994. The van der Waals surface area contributed by atoms with Crippen molar-refractivity contribution in [2.75, 3.05) is 0 Å². The Labute approximate surface area is 190 Å². The number of esters is 1. The van der Waals surface area contributed by atoms with Crippen LogP contribution in [0.25, 0.3) is 0 Å². The Morgan fingerprint density at radius 1 is 1.16 bits per heavy atom. The van der Waals surface area contributed by atoms with E-state index in [4.69, 9.17) is 4.74 Å². The van der Waals surface area contributed by atoms with E-state index in [9.17, 15) is 18.7 Å². The lowest BCUT2D eigenvalue weighted by Crippen LogP contribution is -2.25. The van der Waals surface area contributed by atoms with Crippen molar-refractivity contribution in [1.29, 1.82) is 0 Å². The summed E-state index contributed by atoms with van der Waals surface area (Å²) in [5.74, 6) is 3.16. The van der Waals surface area contributed by atoms with Crippen LogP contribution in [0.5, 0.6) is 0 Å². The summed E-state index contributed by atoms with van der Waals surface area (Å²) in [5, 5.41) is 9.84. The molecular formula is C24H26BrF2NO3. The number of carbonyl (C=O) groups excluding carboxylic acids is 1. The van der Waals surface area contributed by atoms with Crippen molar-refractivity contribution in [3.63, 3.8) is 0 Å². The lowest BCUT2D eigenvalue weighted by atomic mass is 9.92. The summed E-state index contributed by atoms with van der Waals surface area (Å²) in [6, 6.07) is 6.69. The fourth-order valence-corrected chi connectivity index (χ4v) is 3.44. The van der Waals surface area contributed by atoms with E-state index in [1.807, 2.05) is 0 Å². The summed E-state index contributed by atoms with van der Waals surface area (Å²) in [6.45, 7) is 8.42. The second-order valence-corrected chi connectivity index (χ2v) is 9.70. The first-order chi connectivity index (χ1) is 14.2. The molecule has 0 fully saturated rings. The molecule has 4 nitrogen and oxygen atoms in total. The summed E-state index contributed by atoms with van der Waals surface area (Å²) in [4.78, 5) is 17.1. The van der Waals surface area contributed by atoms with Gasteiger partial charge in [0.2, 0.25) is 0 Å². The molecule has 0 amide bonds. The summed E-state index contributed by atoms with van der Waals surface area (Å²) in [7, 11) is 0. The lowest BCUT2D eigenvalue weighted by Gasteiger charge is -2.23. The molecule has 0 aliphatic heterocycles. The van der Waals surface area contributed by atoms with Gasteiger partial charge in [-0.3, -0.25) is 4.79 Å². The van der Waals surface area contributed by atoms with Crippen LogP contribution < -0.4 is 0 Å². The number of benzene rings is 1. The van der Waals surface area contributed by atoms with Crippen molar-refractivity contribution >= 4 is 21.9 Å². The van der Waals surface area contributed by atoms with E-state index >= 15 is 0 Å². The van der Waals surface area contributed by atoms with E-state index in [1.165, 1.54) is 12.1 Å². The standard InChI is InChI=1S/C24H26BrF2NO3/c1-23(2,3)31-21(29)13-16(10-15-11-17(26)14-18(27)12-15)22-20(25)7-6-19(28-22)8-9-24(4,5)30/h6-7,11-12,14,16,30H,10,13H2,1-5H3/t16-/m1/s1. The van der Waals surface area contributed by atoms with Gasteiger partial charge in [-0.1, -0.05) is 5.92 Å². The van der Waals surface area contributed by atoms with Crippen molar-refractivity contribution in [1.82, 2.24) is 4.98 Å². The van der Waals surface area contributed by atoms with Gasteiger partial charge in [-0.05, 0) is 92.7 Å². The van der Waals surface area contributed by atoms with Crippen LogP contribution in [0.2, 0.25) is 0 Å². The van der Waals surface area contributed by atoms with Crippen LogP contribution in [-0.2, 0) is 16.0 Å². The molecule has 0 bridgehead atoms. The number of halogens is 3. The molecule has 1 heterocycles.